The average molecular weight is 629 g/mol. The van der Waals surface area contributed by atoms with E-state index >= 15 is 0 Å². The molecular weight excluding hydrogens is 590 g/mol. The van der Waals surface area contributed by atoms with Crippen LogP contribution in [0.15, 0.2) is 76.1 Å². The highest BCUT2D eigenvalue weighted by Crippen LogP contribution is 2.29. The SMILES string of the molecule is CCCCNC(=O)C(C)N(Cc1cccc(Br)c1)C(=O)CN(c1cccc(C)c1C)S(=O)(=O)c1ccc(C)cc1. The van der Waals surface area contributed by atoms with E-state index in [9.17, 15) is 18.0 Å². The van der Waals surface area contributed by atoms with Gasteiger partial charge in [0.1, 0.15) is 12.6 Å². The van der Waals surface area contributed by atoms with Crippen molar-refractivity contribution in [2.45, 2.75) is 64.9 Å². The zero-order valence-electron chi connectivity index (χ0n) is 23.8. The minimum absolute atomic E-state index is 0.0932. The maximum absolute atomic E-state index is 14.0. The number of sulfonamides is 1. The van der Waals surface area contributed by atoms with Gasteiger partial charge in [0.2, 0.25) is 11.8 Å². The third-order valence-corrected chi connectivity index (χ3v) is 9.24. The maximum Gasteiger partial charge on any atom is 0.264 e. The molecule has 0 bridgehead atoms. The number of nitrogens with one attached hydrogen (secondary N) is 1. The normalized spacial score (nSPS) is 12.1. The molecular formula is C31H38BrN3O4S. The number of hydrogen-bond acceptors (Lipinski definition) is 4. The second-order valence-corrected chi connectivity index (χ2v) is 12.8. The van der Waals surface area contributed by atoms with Gasteiger partial charge in [0.25, 0.3) is 10.0 Å². The predicted molar refractivity (Wildman–Crippen MR) is 164 cm³/mol. The minimum Gasteiger partial charge on any atom is -0.354 e. The zero-order valence-corrected chi connectivity index (χ0v) is 26.2. The topological polar surface area (TPSA) is 86.8 Å². The minimum atomic E-state index is -4.10. The lowest BCUT2D eigenvalue weighted by molar-refractivity contribution is -0.139. The van der Waals surface area contributed by atoms with E-state index in [0.29, 0.717) is 12.2 Å². The molecule has 0 radical (unpaired) electrons. The molecule has 214 valence electrons. The molecule has 0 aliphatic rings. The summed E-state index contributed by atoms with van der Waals surface area (Å²) in [5, 5.41) is 2.90. The number of carbonyl (C=O) groups is 2. The van der Waals surface area contributed by atoms with Crippen molar-refractivity contribution in [3.63, 3.8) is 0 Å². The molecule has 3 rings (SSSR count). The van der Waals surface area contributed by atoms with E-state index in [4.69, 9.17) is 0 Å². The van der Waals surface area contributed by atoms with Crippen molar-refractivity contribution >= 4 is 43.5 Å². The monoisotopic (exact) mass is 627 g/mol. The standard InChI is InChI=1S/C31H38BrN3O4S/c1-6-7-18-33-31(37)25(5)34(20-26-11-9-12-27(32)19-26)30(36)21-35(29-13-8-10-23(3)24(29)4)40(38,39)28-16-14-22(2)15-17-28/h8-17,19,25H,6-7,18,20-21H2,1-5H3,(H,33,37). The summed E-state index contributed by atoms with van der Waals surface area (Å²) in [4.78, 5) is 28.7. The highest BCUT2D eigenvalue weighted by atomic mass is 79.9. The van der Waals surface area contributed by atoms with Gasteiger partial charge in [-0.1, -0.05) is 71.2 Å². The first-order valence-electron chi connectivity index (χ1n) is 13.4. The van der Waals surface area contributed by atoms with E-state index in [1.807, 2.05) is 58.0 Å². The zero-order chi connectivity index (χ0) is 29.4. The van der Waals surface area contributed by atoms with Crippen molar-refractivity contribution in [2.75, 3.05) is 17.4 Å². The molecule has 0 spiro atoms. The van der Waals surface area contributed by atoms with E-state index < -0.39 is 28.5 Å². The average Bonchev–Trinajstić information content (AvgIpc) is 2.92. The molecule has 7 nitrogen and oxygen atoms in total. The number of nitrogens with zero attached hydrogens (tertiary/aromatic N) is 2. The Morgan fingerprint density at radius 1 is 0.975 bits per heavy atom. The van der Waals surface area contributed by atoms with Crippen LogP contribution < -0.4 is 9.62 Å². The van der Waals surface area contributed by atoms with Crippen molar-refractivity contribution < 1.29 is 18.0 Å². The quantitative estimate of drug-likeness (QED) is 0.253. The molecule has 1 atom stereocenters. The third kappa shape index (κ3) is 7.73. The summed E-state index contributed by atoms with van der Waals surface area (Å²) in [5.41, 5.74) is 3.84. The second-order valence-electron chi connectivity index (χ2n) is 10.0. The van der Waals surface area contributed by atoms with Crippen molar-refractivity contribution in [3.05, 3.63) is 93.5 Å². The Balaban J connectivity index is 2.04. The van der Waals surface area contributed by atoms with Gasteiger partial charge in [-0.15, -0.1) is 0 Å². The second kappa shape index (κ2) is 13.9. The Morgan fingerprint density at radius 3 is 2.30 bits per heavy atom. The number of aryl methyl sites for hydroxylation is 2. The van der Waals surface area contributed by atoms with Crippen LogP contribution in [0.4, 0.5) is 5.69 Å². The van der Waals surface area contributed by atoms with E-state index in [2.05, 4.69) is 21.2 Å². The molecule has 1 unspecified atom stereocenters. The smallest absolute Gasteiger partial charge is 0.264 e. The molecule has 1 N–H and O–H groups in total. The van der Waals surface area contributed by atoms with Gasteiger partial charge in [-0.05, 0) is 81.1 Å². The fourth-order valence-corrected chi connectivity index (χ4v) is 6.23. The van der Waals surface area contributed by atoms with Gasteiger partial charge in [0.15, 0.2) is 0 Å². The van der Waals surface area contributed by atoms with Crippen LogP contribution in [0.2, 0.25) is 0 Å². The van der Waals surface area contributed by atoms with Crippen LogP contribution in [-0.2, 0) is 26.2 Å². The summed E-state index contributed by atoms with van der Waals surface area (Å²) in [5.74, 6) is -0.758. The molecule has 0 heterocycles. The van der Waals surface area contributed by atoms with Gasteiger partial charge in [0.05, 0.1) is 10.6 Å². The number of rotatable bonds is 12. The first-order valence-corrected chi connectivity index (χ1v) is 15.7. The maximum atomic E-state index is 14.0. The van der Waals surface area contributed by atoms with Crippen LogP contribution in [0, 0.1) is 20.8 Å². The van der Waals surface area contributed by atoms with Crippen LogP contribution in [0.1, 0.15) is 48.9 Å². The fourth-order valence-electron chi connectivity index (χ4n) is 4.31. The van der Waals surface area contributed by atoms with Gasteiger partial charge in [-0.3, -0.25) is 13.9 Å². The number of benzene rings is 3. The first-order chi connectivity index (χ1) is 18.9. The number of halogens is 1. The molecule has 3 aromatic rings. The van der Waals surface area contributed by atoms with E-state index in [1.165, 1.54) is 4.90 Å². The lowest BCUT2D eigenvalue weighted by atomic mass is 10.1. The Hall–Kier alpha value is -3.17. The van der Waals surface area contributed by atoms with Gasteiger partial charge in [-0.25, -0.2) is 8.42 Å². The van der Waals surface area contributed by atoms with Gasteiger partial charge in [0, 0.05) is 17.6 Å². The molecule has 0 saturated heterocycles. The van der Waals surface area contributed by atoms with Gasteiger partial charge >= 0.3 is 0 Å². The third-order valence-electron chi connectivity index (χ3n) is 6.97. The van der Waals surface area contributed by atoms with Gasteiger partial charge < -0.3 is 10.2 Å². The van der Waals surface area contributed by atoms with Crippen LogP contribution in [0.25, 0.3) is 0 Å². The van der Waals surface area contributed by atoms with Crippen LogP contribution in [0.5, 0.6) is 0 Å². The lowest BCUT2D eigenvalue weighted by Gasteiger charge is -2.32. The Labute approximate surface area is 246 Å². The van der Waals surface area contributed by atoms with Crippen LogP contribution in [-0.4, -0.2) is 44.3 Å². The van der Waals surface area contributed by atoms with Crippen molar-refractivity contribution in [3.8, 4) is 0 Å². The summed E-state index contributed by atoms with van der Waals surface area (Å²) >= 11 is 3.47. The largest absolute Gasteiger partial charge is 0.354 e. The number of amides is 2. The Morgan fingerprint density at radius 2 is 1.65 bits per heavy atom. The summed E-state index contributed by atoms with van der Waals surface area (Å²) in [7, 11) is -4.10. The molecule has 3 aromatic carbocycles. The number of carbonyl (C=O) groups excluding carboxylic acids is 2. The lowest BCUT2D eigenvalue weighted by Crippen LogP contribution is -2.51. The highest BCUT2D eigenvalue weighted by molar-refractivity contribution is 9.10. The van der Waals surface area contributed by atoms with E-state index in [1.54, 1.807) is 43.3 Å². The van der Waals surface area contributed by atoms with Crippen molar-refractivity contribution in [1.29, 1.82) is 0 Å². The fraction of sp³-hybridized carbons (Fsp3) is 0.355. The number of hydrogen-bond donors (Lipinski definition) is 1. The molecule has 0 aliphatic heterocycles. The molecule has 0 aliphatic carbocycles. The number of unbranched alkanes of at least 4 members (excludes halogenated alkanes) is 1. The summed E-state index contributed by atoms with van der Waals surface area (Å²) in [6.45, 7) is 9.54. The number of anilines is 1. The van der Waals surface area contributed by atoms with Crippen molar-refractivity contribution in [1.82, 2.24) is 10.2 Å². The molecule has 40 heavy (non-hydrogen) atoms. The first kappa shape index (κ1) is 31.4. The summed E-state index contributed by atoms with van der Waals surface area (Å²) < 4.78 is 30.0. The molecule has 0 fully saturated rings. The molecule has 0 saturated carbocycles. The van der Waals surface area contributed by atoms with Crippen LogP contribution >= 0.6 is 15.9 Å². The van der Waals surface area contributed by atoms with Crippen LogP contribution in [0.3, 0.4) is 0 Å². The highest BCUT2D eigenvalue weighted by Gasteiger charge is 2.33. The summed E-state index contributed by atoms with van der Waals surface area (Å²) in [6, 6.07) is 18.6. The molecule has 2 amide bonds. The molecule has 0 aromatic heterocycles. The van der Waals surface area contributed by atoms with Crippen molar-refractivity contribution in [2.24, 2.45) is 0 Å². The predicted octanol–water partition coefficient (Wildman–Crippen LogP) is 5.90. The summed E-state index contributed by atoms with van der Waals surface area (Å²) in [6.07, 6.45) is 1.75. The van der Waals surface area contributed by atoms with E-state index in [-0.39, 0.29) is 17.3 Å². The van der Waals surface area contributed by atoms with E-state index in [0.717, 1.165) is 43.9 Å². The Kier molecular flexibility index (Phi) is 10.9. The molecule has 9 heteroatoms. The van der Waals surface area contributed by atoms with Gasteiger partial charge in [-0.2, -0.15) is 0 Å². The Bertz CT molecular complexity index is 1440.